The molecule has 3 aromatic heterocycles. The van der Waals surface area contributed by atoms with E-state index < -0.39 is 0 Å². The molecule has 0 bridgehead atoms. The molecule has 3 heterocycles. The molecule has 0 saturated carbocycles. The standard InChI is InChI=1S/C19H20N8O2/c1-3-28-19-24-17(20-11-15-8-5-9-29-15)23-18(25-19)22-14-7-4-6-13(10-14)16-26-21-12-27(16)2/h4-10,12H,3,11H2,1-2H3,(H2,20,22,23,24,25). The van der Waals surface area contributed by atoms with Crippen LogP contribution in [0.15, 0.2) is 53.4 Å². The Balaban J connectivity index is 1.56. The molecule has 0 amide bonds. The van der Waals surface area contributed by atoms with Gasteiger partial charge in [0.2, 0.25) is 11.9 Å². The number of ether oxygens (including phenoxy) is 1. The molecule has 0 radical (unpaired) electrons. The van der Waals surface area contributed by atoms with E-state index in [2.05, 4.69) is 35.8 Å². The van der Waals surface area contributed by atoms with Gasteiger partial charge in [0.15, 0.2) is 5.82 Å². The van der Waals surface area contributed by atoms with Gasteiger partial charge in [-0.3, -0.25) is 0 Å². The lowest BCUT2D eigenvalue weighted by Gasteiger charge is -2.10. The fraction of sp³-hybridized carbons (Fsp3) is 0.211. The summed E-state index contributed by atoms with van der Waals surface area (Å²) in [6, 6.07) is 11.7. The smallest absolute Gasteiger partial charge is 0.323 e. The van der Waals surface area contributed by atoms with Gasteiger partial charge >= 0.3 is 6.01 Å². The molecular weight excluding hydrogens is 372 g/mol. The maximum Gasteiger partial charge on any atom is 0.323 e. The van der Waals surface area contributed by atoms with Crippen molar-refractivity contribution in [2.45, 2.75) is 13.5 Å². The normalized spacial score (nSPS) is 10.7. The second-order valence-electron chi connectivity index (χ2n) is 6.10. The summed E-state index contributed by atoms with van der Waals surface area (Å²) in [6.45, 7) is 2.77. The van der Waals surface area contributed by atoms with Crippen LogP contribution in [0.4, 0.5) is 17.6 Å². The number of benzene rings is 1. The average molecular weight is 392 g/mol. The van der Waals surface area contributed by atoms with E-state index in [1.165, 1.54) is 0 Å². The molecule has 10 nitrogen and oxygen atoms in total. The molecule has 1 aromatic carbocycles. The minimum absolute atomic E-state index is 0.233. The van der Waals surface area contributed by atoms with Gasteiger partial charge in [-0.05, 0) is 31.2 Å². The number of anilines is 3. The summed E-state index contributed by atoms with van der Waals surface area (Å²) in [7, 11) is 1.90. The summed E-state index contributed by atoms with van der Waals surface area (Å²) in [5.41, 5.74) is 1.72. The van der Waals surface area contributed by atoms with Gasteiger partial charge in [0.1, 0.15) is 12.1 Å². The van der Waals surface area contributed by atoms with E-state index in [1.807, 2.05) is 54.9 Å². The first-order valence-electron chi connectivity index (χ1n) is 9.08. The van der Waals surface area contributed by atoms with E-state index in [9.17, 15) is 0 Å². The monoisotopic (exact) mass is 392 g/mol. The number of nitrogens with one attached hydrogen (secondary N) is 2. The Labute approximate surface area is 167 Å². The lowest BCUT2D eigenvalue weighted by molar-refractivity contribution is 0.312. The Morgan fingerprint density at radius 1 is 1.10 bits per heavy atom. The molecule has 148 valence electrons. The lowest BCUT2D eigenvalue weighted by atomic mass is 10.2. The summed E-state index contributed by atoms with van der Waals surface area (Å²) in [4.78, 5) is 13.0. The van der Waals surface area contributed by atoms with Crippen molar-refractivity contribution in [2.24, 2.45) is 7.05 Å². The molecule has 0 aliphatic rings. The fourth-order valence-electron chi connectivity index (χ4n) is 2.67. The zero-order valence-corrected chi connectivity index (χ0v) is 16.0. The van der Waals surface area contributed by atoms with Crippen LogP contribution in [0.1, 0.15) is 12.7 Å². The summed E-state index contributed by atoms with van der Waals surface area (Å²) in [5, 5.41) is 14.4. The van der Waals surface area contributed by atoms with Gasteiger partial charge in [-0.25, -0.2) is 0 Å². The second-order valence-corrected chi connectivity index (χ2v) is 6.10. The molecule has 10 heteroatoms. The Morgan fingerprint density at radius 2 is 2.00 bits per heavy atom. The predicted octanol–water partition coefficient (Wildman–Crippen LogP) is 3.01. The van der Waals surface area contributed by atoms with E-state index in [0.717, 1.165) is 22.8 Å². The van der Waals surface area contributed by atoms with Crippen molar-refractivity contribution in [1.29, 1.82) is 0 Å². The first-order chi connectivity index (χ1) is 14.2. The van der Waals surface area contributed by atoms with Gasteiger partial charge in [-0.1, -0.05) is 12.1 Å². The van der Waals surface area contributed by atoms with Crippen LogP contribution in [0.3, 0.4) is 0 Å². The van der Waals surface area contributed by atoms with Gasteiger partial charge in [-0.2, -0.15) is 15.0 Å². The van der Waals surface area contributed by atoms with Gasteiger partial charge in [0.25, 0.3) is 0 Å². The van der Waals surface area contributed by atoms with E-state index in [-0.39, 0.29) is 6.01 Å². The summed E-state index contributed by atoms with van der Waals surface area (Å²) < 4.78 is 12.6. The number of nitrogens with zero attached hydrogens (tertiary/aromatic N) is 6. The first kappa shape index (κ1) is 18.4. The van der Waals surface area contributed by atoms with Crippen molar-refractivity contribution in [1.82, 2.24) is 29.7 Å². The number of hydrogen-bond acceptors (Lipinski definition) is 9. The Morgan fingerprint density at radius 3 is 2.76 bits per heavy atom. The zero-order valence-electron chi connectivity index (χ0n) is 16.0. The summed E-state index contributed by atoms with van der Waals surface area (Å²) >= 11 is 0. The largest absolute Gasteiger partial charge is 0.467 e. The number of aryl methyl sites for hydroxylation is 1. The molecule has 0 spiro atoms. The third-order valence-corrected chi connectivity index (χ3v) is 3.98. The Hall–Kier alpha value is -3.95. The third-order valence-electron chi connectivity index (χ3n) is 3.98. The van der Waals surface area contributed by atoms with Gasteiger partial charge < -0.3 is 24.4 Å². The minimum atomic E-state index is 0.233. The zero-order chi connectivity index (χ0) is 20.1. The van der Waals surface area contributed by atoms with Crippen LogP contribution in [0, 0.1) is 0 Å². The second kappa shape index (κ2) is 8.38. The van der Waals surface area contributed by atoms with Gasteiger partial charge in [0, 0.05) is 18.3 Å². The van der Waals surface area contributed by atoms with Gasteiger partial charge in [-0.15, -0.1) is 10.2 Å². The van der Waals surface area contributed by atoms with Crippen molar-refractivity contribution in [3.63, 3.8) is 0 Å². The number of hydrogen-bond donors (Lipinski definition) is 2. The molecule has 0 fully saturated rings. The van der Waals surface area contributed by atoms with Crippen molar-refractivity contribution >= 4 is 17.6 Å². The quantitative estimate of drug-likeness (QED) is 0.467. The molecule has 4 rings (SSSR count). The molecule has 0 unspecified atom stereocenters. The minimum Gasteiger partial charge on any atom is -0.467 e. The third kappa shape index (κ3) is 4.49. The predicted molar refractivity (Wildman–Crippen MR) is 107 cm³/mol. The van der Waals surface area contributed by atoms with Crippen molar-refractivity contribution in [2.75, 3.05) is 17.2 Å². The van der Waals surface area contributed by atoms with Crippen LogP contribution in [0.25, 0.3) is 11.4 Å². The van der Waals surface area contributed by atoms with Crippen molar-refractivity contribution < 1.29 is 9.15 Å². The molecule has 2 N–H and O–H groups in total. The van der Waals surface area contributed by atoms with E-state index in [1.54, 1.807) is 12.6 Å². The lowest BCUT2D eigenvalue weighted by Crippen LogP contribution is -2.09. The van der Waals surface area contributed by atoms with E-state index >= 15 is 0 Å². The van der Waals surface area contributed by atoms with E-state index in [0.29, 0.717) is 25.0 Å². The summed E-state index contributed by atoms with van der Waals surface area (Å²) in [5.74, 6) is 2.28. The van der Waals surface area contributed by atoms with Crippen LogP contribution in [-0.2, 0) is 13.6 Å². The maximum atomic E-state index is 5.47. The summed E-state index contributed by atoms with van der Waals surface area (Å²) in [6.07, 6.45) is 3.28. The van der Waals surface area contributed by atoms with Crippen LogP contribution in [-0.4, -0.2) is 36.3 Å². The van der Waals surface area contributed by atoms with Crippen molar-refractivity contribution in [3.8, 4) is 17.4 Å². The number of furan rings is 1. The highest BCUT2D eigenvalue weighted by molar-refractivity contribution is 5.65. The van der Waals surface area contributed by atoms with E-state index in [4.69, 9.17) is 9.15 Å². The van der Waals surface area contributed by atoms with Crippen LogP contribution in [0.2, 0.25) is 0 Å². The van der Waals surface area contributed by atoms with Crippen LogP contribution in [0.5, 0.6) is 6.01 Å². The van der Waals surface area contributed by atoms with Crippen LogP contribution < -0.4 is 15.4 Å². The highest BCUT2D eigenvalue weighted by Gasteiger charge is 2.10. The molecule has 29 heavy (non-hydrogen) atoms. The Kier molecular flexibility index (Phi) is 5.32. The molecule has 0 saturated heterocycles. The molecular formula is C19H20N8O2. The van der Waals surface area contributed by atoms with Crippen molar-refractivity contribution in [3.05, 3.63) is 54.7 Å². The number of rotatable bonds is 8. The molecule has 0 aliphatic heterocycles. The number of aromatic nitrogens is 6. The highest BCUT2D eigenvalue weighted by Crippen LogP contribution is 2.23. The average Bonchev–Trinajstić information content (AvgIpc) is 3.38. The highest BCUT2D eigenvalue weighted by atomic mass is 16.5. The van der Waals surface area contributed by atoms with Gasteiger partial charge in [0.05, 0.1) is 19.4 Å². The molecule has 4 aromatic rings. The topological polar surface area (TPSA) is 116 Å². The fourth-order valence-corrected chi connectivity index (χ4v) is 2.67. The van der Waals surface area contributed by atoms with Crippen LogP contribution >= 0.6 is 0 Å². The Bertz CT molecular complexity index is 1080. The SMILES string of the molecule is CCOc1nc(NCc2ccco2)nc(Nc2cccc(-c3nncn3C)c2)n1. The molecule has 0 atom stereocenters. The molecule has 0 aliphatic carbocycles. The maximum absolute atomic E-state index is 5.47. The first-order valence-corrected chi connectivity index (χ1v) is 9.08.